The molecule has 0 bridgehead atoms. The fourth-order valence-electron chi connectivity index (χ4n) is 2.79. The first kappa shape index (κ1) is 15.0. The molecule has 1 unspecified atom stereocenters. The summed E-state index contributed by atoms with van der Waals surface area (Å²) in [5, 5.41) is 0. The number of piperazine rings is 1. The van der Waals surface area contributed by atoms with Crippen molar-refractivity contribution < 1.29 is 4.79 Å². The summed E-state index contributed by atoms with van der Waals surface area (Å²) >= 11 is 0. The van der Waals surface area contributed by atoms with Gasteiger partial charge in [0.05, 0.1) is 0 Å². The summed E-state index contributed by atoms with van der Waals surface area (Å²) in [6.45, 7) is 6.43. The van der Waals surface area contributed by atoms with Gasteiger partial charge in [-0.15, -0.1) is 0 Å². The Morgan fingerprint density at radius 2 is 2.05 bits per heavy atom. The van der Waals surface area contributed by atoms with Crippen molar-refractivity contribution >= 4 is 5.91 Å². The minimum atomic E-state index is 0.252. The Kier molecular flexibility index (Phi) is 5.56. The molecule has 0 radical (unpaired) electrons. The maximum absolute atomic E-state index is 12.1. The Hall–Kier alpha value is -1.39. The summed E-state index contributed by atoms with van der Waals surface area (Å²) in [5.74, 6) is 0.252. The third kappa shape index (κ3) is 4.05. The van der Waals surface area contributed by atoms with Crippen LogP contribution in [0.3, 0.4) is 0 Å². The van der Waals surface area contributed by atoms with E-state index in [1.165, 1.54) is 5.56 Å². The van der Waals surface area contributed by atoms with E-state index in [0.717, 1.165) is 32.6 Å². The Morgan fingerprint density at radius 3 is 2.70 bits per heavy atom. The van der Waals surface area contributed by atoms with Crippen LogP contribution in [0.5, 0.6) is 0 Å². The lowest BCUT2D eigenvalue weighted by Crippen LogP contribution is -2.53. The molecule has 1 fully saturated rings. The molecule has 0 aliphatic carbocycles. The van der Waals surface area contributed by atoms with Crippen LogP contribution in [0.15, 0.2) is 30.3 Å². The highest BCUT2D eigenvalue weighted by Crippen LogP contribution is 2.14. The largest absolute Gasteiger partial charge is 0.337 e. The Bertz CT molecular complexity index is 421. The summed E-state index contributed by atoms with van der Waals surface area (Å²) in [4.78, 5) is 16.5. The van der Waals surface area contributed by atoms with E-state index in [1.54, 1.807) is 0 Å². The molecular formula is C16H25N3O. The van der Waals surface area contributed by atoms with Crippen molar-refractivity contribution in [2.24, 2.45) is 5.73 Å². The first-order valence-corrected chi connectivity index (χ1v) is 7.46. The minimum absolute atomic E-state index is 0.252. The molecule has 0 aromatic heterocycles. The third-order valence-corrected chi connectivity index (χ3v) is 3.88. The summed E-state index contributed by atoms with van der Waals surface area (Å²) in [6, 6.07) is 10.8. The zero-order valence-electron chi connectivity index (χ0n) is 12.3. The van der Waals surface area contributed by atoms with Crippen LogP contribution in [0, 0.1) is 0 Å². The van der Waals surface area contributed by atoms with Gasteiger partial charge >= 0.3 is 0 Å². The van der Waals surface area contributed by atoms with Crippen molar-refractivity contribution in [1.29, 1.82) is 0 Å². The molecule has 4 heteroatoms. The molecule has 1 heterocycles. The van der Waals surface area contributed by atoms with Gasteiger partial charge in [-0.1, -0.05) is 30.3 Å². The molecule has 110 valence electrons. The predicted octanol–water partition coefficient (Wildman–Crippen LogP) is 1.46. The highest BCUT2D eigenvalue weighted by molar-refractivity contribution is 5.76. The molecule has 1 aliphatic heterocycles. The lowest BCUT2D eigenvalue weighted by Gasteiger charge is -2.40. The van der Waals surface area contributed by atoms with E-state index in [4.69, 9.17) is 5.73 Å². The molecule has 20 heavy (non-hydrogen) atoms. The summed E-state index contributed by atoms with van der Waals surface area (Å²) in [7, 11) is 0. The molecule has 1 aromatic rings. The Labute approximate surface area is 121 Å². The van der Waals surface area contributed by atoms with E-state index in [1.807, 2.05) is 11.0 Å². The first-order valence-electron chi connectivity index (χ1n) is 7.46. The number of carbonyl (C=O) groups excluding carboxylic acids is 1. The Balaban J connectivity index is 1.84. The minimum Gasteiger partial charge on any atom is -0.337 e. The van der Waals surface area contributed by atoms with Crippen molar-refractivity contribution in [3.05, 3.63) is 35.9 Å². The van der Waals surface area contributed by atoms with Crippen LogP contribution in [-0.4, -0.2) is 47.9 Å². The molecule has 2 N–H and O–H groups in total. The van der Waals surface area contributed by atoms with Gasteiger partial charge in [0.1, 0.15) is 0 Å². The SMILES string of the molecule is CC1CN(Cc2ccccc2)CCN1C(=O)CCCN. The maximum atomic E-state index is 12.1. The van der Waals surface area contributed by atoms with Crippen LogP contribution < -0.4 is 5.73 Å². The molecule has 2 rings (SSSR count). The topological polar surface area (TPSA) is 49.6 Å². The normalized spacial score (nSPS) is 20.1. The molecule has 1 aromatic carbocycles. The maximum Gasteiger partial charge on any atom is 0.222 e. The molecule has 1 atom stereocenters. The van der Waals surface area contributed by atoms with E-state index >= 15 is 0 Å². The summed E-state index contributed by atoms with van der Waals surface area (Å²) < 4.78 is 0. The summed E-state index contributed by atoms with van der Waals surface area (Å²) in [5.41, 5.74) is 6.81. The number of carbonyl (C=O) groups is 1. The lowest BCUT2D eigenvalue weighted by atomic mass is 10.1. The smallest absolute Gasteiger partial charge is 0.222 e. The molecule has 1 amide bonds. The number of amides is 1. The van der Waals surface area contributed by atoms with Gasteiger partial charge in [0.25, 0.3) is 0 Å². The third-order valence-electron chi connectivity index (χ3n) is 3.88. The first-order chi connectivity index (χ1) is 9.70. The average molecular weight is 275 g/mol. The van der Waals surface area contributed by atoms with Crippen molar-refractivity contribution in [3.8, 4) is 0 Å². The highest BCUT2D eigenvalue weighted by atomic mass is 16.2. The second kappa shape index (κ2) is 7.41. The van der Waals surface area contributed by atoms with Crippen LogP contribution in [0.2, 0.25) is 0 Å². The molecular weight excluding hydrogens is 250 g/mol. The van der Waals surface area contributed by atoms with E-state index < -0.39 is 0 Å². The van der Waals surface area contributed by atoms with E-state index in [9.17, 15) is 4.79 Å². The van der Waals surface area contributed by atoms with Crippen molar-refractivity contribution in [2.45, 2.75) is 32.4 Å². The van der Waals surface area contributed by atoms with Gasteiger partial charge in [0.2, 0.25) is 5.91 Å². The van der Waals surface area contributed by atoms with Crippen LogP contribution in [0.25, 0.3) is 0 Å². The quantitative estimate of drug-likeness (QED) is 0.885. The lowest BCUT2D eigenvalue weighted by molar-refractivity contribution is -0.135. The van der Waals surface area contributed by atoms with Gasteiger partial charge < -0.3 is 10.6 Å². The van der Waals surface area contributed by atoms with E-state index in [2.05, 4.69) is 36.1 Å². The van der Waals surface area contributed by atoms with Crippen LogP contribution in [-0.2, 0) is 11.3 Å². The number of rotatable bonds is 5. The number of benzene rings is 1. The number of hydrogen-bond donors (Lipinski definition) is 1. The van der Waals surface area contributed by atoms with Gasteiger partial charge in [-0.25, -0.2) is 0 Å². The van der Waals surface area contributed by atoms with Gasteiger partial charge in [0.15, 0.2) is 0 Å². The van der Waals surface area contributed by atoms with Crippen LogP contribution >= 0.6 is 0 Å². The second-order valence-electron chi connectivity index (χ2n) is 5.55. The van der Waals surface area contributed by atoms with Gasteiger partial charge in [-0.05, 0) is 25.5 Å². The fourth-order valence-corrected chi connectivity index (χ4v) is 2.79. The number of nitrogens with two attached hydrogens (primary N) is 1. The predicted molar refractivity (Wildman–Crippen MR) is 81.2 cm³/mol. The van der Waals surface area contributed by atoms with E-state index in [0.29, 0.717) is 13.0 Å². The molecule has 1 saturated heterocycles. The number of nitrogens with zero attached hydrogens (tertiary/aromatic N) is 2. The van der Waals surface area contributed by atoms with Crippen molar-refractivity contribution in [3.63, 3.8) is 0 Å². The van der Waals surface area contributed by atoms with Crippen LogP contribution in [0.4, 0.5) is 0 Å². The molecule has 0 saturated carbocycles. The van der Waals surface area contributed by atoms with Gasteiger partial charge in [-0.2, -0.15) is 0 Å². The molecule has 4 nitrogen and oxygen atoms in total. The van der Waals surface area contributed by atoms with Crippen molar-refractivity contribution in [1.82, 2.24) is 9.80 Å². The summed E-state index contributed by atoms with van der Waals surface area (Å²) in [6.07, 6.45) is 1.37. The highest BCUT2D eigenvalue weighted by Gasteiger charge is 2.26. The second-order valence-corrected chi connectivity index (χ2v) is 5.55. The monoisotopic (exact) mass is 275 g/mol. The van der Waals surface area contributed by atoms with Gasteiger partial charge in [-0.3, -0.25) is 9.69 Å². The average Bonchev–Trinajstić information content (AvgIpc) is 2.46. The fraction of sp³-hybridized carbons (Fsp3) is 0.562. The molecule has 0 spiro atoms. The number of hydrogen-bond acceptors (Lipinski definition) is 3. The van der Waals surface area contributed by atoms with Crippen LogP contribution in [0.1, 0.15) is 25.3 Å². The Morgan fingerprint density at radius 1 is 1.30 bits per heavy atom. The standard InChI is InChI=1S/C16H25N3O/c1-14-12-18(13-15-6-3-2-4-7-15)10-11-19(14)16(20)8-5-9-17/h2-4,6-7,14H,5,8-13,17H2,1H3. The zero-order chi connectivity index (χ0) is 14.4. The molecule has 1 aliphatic rings. The van der Waals surface area contributed by atoms with Gasteiger partial charge in [0, 0.05) is 38.6 Å². The van der Waals surface area contributed by atoms with Crippen molar-refractivity contribution in [2.75, 3.05) is 26.2 Å². The zero-order valence-corrected chi connectivity index (χ0v) is 12.3. The van der Waals surface area contributed by atoms with E-state index in [-0.39, 0.29) is 11.9 Å².